The van der Waals surface area contributed by atoms with Gasteiger partial charge < -0.3 is 15.4 Å². The standard InChI is InChI=1S/C30H36F2N4O3/c31-26-9-5-24(6-10-26)29(25-7-11-27(32)12-8-25)35-20-18-34(19-21-35)16-1-2-22-39-28-13-3-23(4-14-28)15-17-36(38)30(33)37/h3-14,29,38H,1-2,15-22H2,(H2,33,37). The van der Waals surface area contributed by atoms with Gasteiger partial charge >= 0.3 is 6.03 Å². The van der Waals surface area contributed by atoms with Gasteiger partial charge in [-0.3, -0.25) is 10.1 Å². The zero-order chi connectivity index (χ0) is 27.6. The number of nitrogens with two attached hydrogens (primary N) is 1. The Morgan fingerprint density at radius 2 is 1.44 bits per heavy atom. The van der Waals surface area contributed by atoms with Crippen molar-refractivity contribution in [3.63, 3.8) is 0 Å². The number of hydroxylamine groups is 2. The van der Waals surface area contributed by atoms with Crippen LogP contribution in [0.15, 0.2) is 72.8 Å². The number of primary amides is 1. The third kappa shape index (κ3) is 8.48. The van der Waals surface area contributed by atoms with Crippen LogP contribution in [-0.4, -0.2) is 72.0 Å². The Kier molecular flexibility index (Phi) is 10.2. The van der Waals surface area contributed by atoms with E-state index in [4.69, 9.17) is 10.5 Å². The van der Waals surface area contributed by atoms with E-state index in [1.807, 2.05) is 48.5 Å². The first-order chi connectivity index (χ1) is 18.9. The highest BCUT2D eigenvalue weighted by Crippen LogP contribution is 2.30. The second-order valence-corrected chi connectivity index (χ2v) is 9.79. The zero-order valence-electron chi connectivity index (χ0n) is 22.0. The molecule has 0 unspecified atom stereocenters. The van der Waals surface area contributed by atoms with E-state index in [1.165, 1.54) is 24.3 Å². The monoisotopic (exact) mass is 538 g/mol. The molecule has 0 spiro atoms. The number of rotatable bonds is 12. The minimum atomic E-state index is -0.865. The van der Waals surface area contributed by atoms with Crippen molar-refractivity contribution in [3.8, 4) is 5.75 Å². The molecule has 3 aromatic carbocycles. The van der Waals surface area contributed by atoms with Crippen molar-refractivity contribution in [2.45, 2.75) is 25.3 Å². The first-order valence-electron chi connectivity index (χ1n) is 13.3. The van der Waals surface area contributed by atoms with Gasteiger partial charge in [-0.15, -0.1) is 0 Å². The topological polar surface area (TPSA) is 82.3 Å². The van der Waals surface area contributed by atoms with E-state index in [0.29, 0.717) is 18.1 Å². The third-order valence-corrected chi connectivity index (χ3v) is 7.07. The SMILES string of the molecule is NC(=O)N(O)CCc1ccc(OCCCCN2CCN(C(c3ccc(F)cc3)c3ccc(F)cc3)CC2)cc1. The van der Waals surface area contributed by atoms with E-state index in [-0.39, 0.29) is 24.2 Å². The van der Waals surface area contributed by atoms with Gasteiger partial charge in [0.1, 0.15) is 17.4 Å². The van der Waals surface area contributed by atoms with Crippen molar-refractivity contribution < 1.29 is 23.5 Å². The highest BCUT2D eigenvalue weighted by atomic mass is 19.1. The lowest BCUT2D eigenvalue weighted by atomic mass is 9.96. The average molecular weight is 539 g/mol. The maximum Gasteiger partial charge on any atom is 0.338 e. The molecule has 0 saturated carbocycles. The first kappa shape index (κ1) is 28.5. The van der Waals surface area contributed by atoms with Crippen LogP contribution in [-0.2, 0) is 6.42 Å². The summed E-state index contributed by atoms with van der Waals surface area (Å²) in [4.78, 5) is 15.7. The first-order valence-corrected chi connectivity index (χ1v) is 13.3. The Balaban J connectivity index is 1.19. The molecule has 0 aliphatic carbocycles. The van der Waals surface area contributed by atoms with Gasteiger partial charge in [-0.2, -0.15) is 0 Å². The molecule has 3 N–H and O–H groups in total. The van der Waals surface area contributed by atoms with Gasteiger partial charge in [-0.25, -0.2) is 18.6 Å². The summed E-state index contributed by atoms with van der Waals surface area (Å²) in [5, 5.41) is 9.86. The Morgan fingerprint density at radius 1 is 0.872 bits per heavy atom. The molecule has 2 amide bonds. The molecule has 1 heterocycles. The molecule has 39 heavy (non-hydrogen) atoms. The molecule has 1 fully saturated rings. The normalized spacial score (nSPS) is 14.5. The Labute approximate surface area is 228 Å². The van der Waals surface area contributed by atoms with Crippen molar-refractivity contribution in [2.75, 3.05) is 45.9 Å². The van der Waals surface area contributed by atoms with Crippen molar-refractivity contribution in [3.05, 3.63) is 101 Å². The van der Waals surface area contributed by atoms with E-state index >= 15 is 0 Å². The van der Waals surface area contributed by atoms with Gasteiger partial charge in [0, 0.05) is 26.2 Å². The molecule has 4 rings (SSSR count). The summed E-state index contributed by atoms with van der Waals surface area (Å²) >= 11 is 0. The highest BCUT2D eigenvalue weighted by Gasteiger charge is 2.26. The maximum absolute atomic E-state index is 13.6. The number of benzene rings is 3. The fraction of sp³-hybridized carbons (Fsp3) is 0.367. The van der Waals surface area contributed by atoms with E-state index in [9.17, 15) is 18.8 Å². The second kappa shape index (κ2) is 14.0. The average Bonchev–Trinajstić information content (AvgIpc) is 2.95. The van der Waals surface area contributed by atoms with Crippen LogP contribution in [0.3, 0.4) is 0 Å². The molecular weight excluding hydrogens is 502 g/mol. The van der Waals surface area contributed by atoms with Crippen LogP contribution < -0.4 is 10.5 Å². The van der Waals surface area contributed by atoms with Crippen molar-refractivity contribution in [1.82, 2.24) is 14.9 Å². The molecule has 208 valence electrons. The Morgan fingerprint density at radius 3 is 1.97 bits per heavy atom. The van der Waals surface area contributed by atoms with Crippen LogP contribution in [0.4, 0.5) is 13.6 Å². The van der Waals surface area contributed by atoms with Crippen LogP contribution >= 0.6 is 0 Å². The number of hydrogen-bond acceptors (Lipinski definition) is 5. The lowest BCUT2D eigenvalue weighted by Gasteiger charge is -2.40. The van der Waals surface area contributed by atoms with Crippen LogP contribution in [0, 0.1) is 11.6 Å². The van der Waals surface area contributed by atoms with E-state index in [0.717, 1.165) is 68.0 Å². The third-order valence-electron chi connectivity index (χ3n) is 7.07. The lowest BCUT2D eigenvalue weighted by Crippen LogP contribution is -2.48. The quantitative estimate of drug-likeness (QED) is 0.196. The second-order valence-electron chi connectivity index (χ2n) is 9.79. The summed E-state index contributed by atoms with van der Waals surface area (Å²) in [7, 11) is 0. The number of carbonyl (C=O) groups is 1. The fourth-order valence-corrected chi connectivity index (χ4v) is 4.87. The number of amides is 2. The predicted molar refractivity (Wildman–Crippen MR) is 146 cm³/mol. The summed E-state index contributed by atoms with van der Waals surface area (Å²) in [6, 6.07) is 19.9. The maximum atomic E-state index is 13.6. The molecule has 1 aliphatic rings. The predicted octanol–water partition coefficient (Wildman–Crippen LogP) is 4.84. The van der Waals surface area contributed by atoms with Gasteiger partial charge in [0.05, 0.1) is 19.2 Å². The fourth-order valence-electron chi connectivity index (χ4n) is 4.87. The molecule has 1 saturated heterocycles. The summed E-state index contributed by atoms with van der Waals surface area (Å²) < 4.78 is 33.0. The Bertz CT molecular complexity index is 1120. The lowest BCUT2D eigenvalue weighted by molar-refractivity contribution is -0.0382. The number of ether oxygens (including phenoxy) is 1. The molecule has 0 atom stereocenters. The van der Waals surface area contributed by atoms with Gasteiger partial charge in [-0.1, -0.05) is 36.4 Å². The van der Waals surface area contributed by atoms with Gasteiger partial charge in [0.15, 0.2) is 0 Å². The zero-order valence-corrected chi connectivity index (χ0v) is 22.0. The smallest absolute Gasteiger partial charge is 0.338 e. The van der Waals surface area contributed by atoms with E-state index in [2.05, 4.69) is 9.80 Å². The number of hydrogen-bond donors (Lipinski definition) is 2. The largest absolute Gasteiger partial charge is 0.494 e. The number of halogens is 2. The number of unbranched alkanes of at least 4 members (excludes halogenated alkanes) is 1. The van der Waals surface area contributed by atoms with Gasteiger partial charge in [0.25, 0.3) is 0 Å². The number of piperazine rings is 1. The molecular formula is C30H36F2N4O3. The van der Waals surface area contributed by atoms with Crippen LogP contribution in [0.1, 0.15) is 35.6 Å². The summed E-state index contributed by atoms with van der Waals surface area (Å²) in [6.45, 7) is 5.37. The minimum absolute atomic E-state index is 0.0427. The van der Waals surface area contributed by atoms with Crippen LogP contribution in [0.2, 0.25) is 0 Å². The molecule has 1 aliphatic heterocycles. The number of carbonyl (C=O) groups excluding carboxylic acids is 1. The molecule has 9 heteroatoms. The van der Waals surface area contributed by atoms with Crippen LogP contribution in [0.5, 0.6) is 5.75 Å². The van der Waals surface area contributed by atoms with Gasteiger partial charge in [0.2, 0.25) is 0 Å². The highest BCUT2D eigenvalue weighted by molar-refractivity contribution is 5.70. The van der Waals surface area contributed by atoms with Gasteiger partial charge in [-0.05, 0) is 78.9 Å². The Hall–Kier alpha value is -3.53. The van der Waals surface area contributed by atoms with E-state index < -0.39 is 6.03 Å². The minimum Gasteiger partial charge on any atom is -0.494 e. The van der Waals surface area contributed by atoms with Crippen molar-refractivity contribution >= 4 is 6.03 Å². The van der Waals surface area contributed by atoms with Crippen molar-refractivity contribution in [1.29, 1.82) is 0 Å². The molecule has 0 bridgehead atoms. The summed E-state index contributed by atoms with van der Waals surface area (Å²) in [5.74, 6) is 0.257. The number of nitrogens with zero attached hydrogens (tertiary/aromatic N) is 3. The molecule has 7 nitrogen and oxygen atoms in total. The molecule has 3 aromatic rings. The summed E-state index contributed by atoms with van der Waals surface area (Å²) in [6.07, 6.45) is 2.46. The molecule has 0 radical (unpaired) electrons. The summed E-state index contributed by atoms with van der Waals surface area (Å²) in [5.41, 5.74) is 7.99. The van der Waals surface area contributed by atoms with Crippen molar-refractivity contribution in [2.24, 2.45) is 5.73 Å². The number of urea groups is 1. The van der Waals surface area contributed by atoms with Crippen LogP contribution in [0.25, 0.3) is 0 Å². The van der Waals surface area contributed by atoms with E-state index in [1.54, 1.807) is 0 Å². The molecule has 0 aromatic heterocycles.